The van der Waals surface area contributed by atoms with Crippen molar-refractivity contribution < 1.29 is 4.42 Å². The molecule has 0 bridgehead atoms. The average Bonchev–Trinajstić information content (AvgIpc) is 2.53. The second-order valence-corrected chi connectivity index (χ2v) is 6.54. The molecule has 0 atom stereocenters. The summed E-state index contributed by atoms with van der Waals surface area (Å²) in [7, 11) is 0. The molecule has 88 valence electrons. The fourth-order valence-electron chi connectivity index (χ4n) is 2.19. The van der Waals surface area contributed by atoms with Gasteiger partial charge in [0.2, 0.25) is 0 Å². The predicted octanol–water partition coefficient (Wildman–Crippen LogP) is 4.36. The third-order valence-electron chi connectivity index (χ3n) is 2.85. The first-order chi connectivity index (χ1) is 7.21. The van der Waals surface area contributed by atoms with Gasteiger partial charge >= 0.3 is 0 Å². The van der Waals surface area contributed by atoms with Crippen LogP contribution in [0.25, 0.3) is 11.0 Å². The van der Waals surface area contributed by atoms with Crippen LogP contribution in [0.2, 0.25) is 0 Å². The summed E-state index contributed by atoms with van der Waals surface area (Å²) in [6.45, 7) is 13.3. The molecule has 0 amide bonds. The van der Waals surface area contributed by atoms with Crippen molar-refractivity contribution >= 4 is 11.0 Å². The van der Waals surface area contributed by atoms with E-state index >= 15 is 0 Å². The second-order valence-electron chi connectivity index (χ2n) is 6.54. The van der Waals surface area contributed by atoms with Gasteiger partial charge in [-0.05, 0) is 5.41 Å². The molecular formula is C14H21NO. The van der Waals surface area contributed by atoms with Crippen LogP contribution in [-0.2, 0) is 10.8 Å². The number of fused-ring (bicyclic) bond motifs is 1. The first-order valence-corrected chi connectivity index (χ1v) is 5.81. The number of furan rings is 1. The maximum Gasteiger partial charge on any atom is 0.152 e. The van der Waals surface area contributed by atoms with Crippen LogP contribution in [-0.4, -0.2) is 4.98 Å². The third kappa shape index (κ3) is 1.66. The molecule has 0 aromatic carbocycles. The number of rotatable bonds is 0. The standard InChI is InChI=1S/C14H21NO/c1-13(2,3)11-9-7-15-8-10(9)16-12(11)14(4,5)6/h7-8,15H,1-6H3. The Labute approximate surface area is 97.0 Å². The monoisotopic (exact) mass is 219 g/mol. The normalized spacial score (nSPS) is 13.6. The molecule has 0 aliphatic carbocycles. The minimum atomic E-state index is 0.0502. The van der Waals surface area contributed by atoms with E-state index in [0.29, 0.717) is 0 Å². The summed E-state index contributed by atoms with van der Waals surface area (Å²) < 4.78 is 6.00. The van der Waals surface area contributed by atoms with Crippen molar-refractivity contribution in [3.05, 3.63) is 23.7 Å². The number of aromatic amines is 1. The SMILES string of the molecule is CC(C)(C)c1oc2c[nH]cc2c1C(C)(C)C. The summed E-state index contributed by atoms with van der Waals surface area (Å²) in [5.74, 6) is 1.11. The van der Waals surface area contributed by atoms with Crippen LogP contribution in [0.15, 0.2) is 16.8 Å². The minimum absolute atomic E-state index is 0.0502. The lowest BCUT2D eigenvalue weighted by atomic mass is 9.79. The van der Waals surface area contributed by atoms with Gasteiger partial charge in [0.1, 0.15) is 5.76 Å². The van der Waals surface area contributed by atoms with Gasteiger partial charge in [-0.25, -0.2) is 0 Å². The number of aromatic nitrogens is 1. The number of hydrogen-bond donors (Lipinski definition) is 1. The lowest BCUT2D eigenvalue weighted by Crippen LogP contribution is -2.20. The fraction of sp³-hybridized carbons (Fsp3) is 0.571. The molecule has 2 heterocycles. The van der Waals surface area contributed by atoms with Gasteiger partial charge in [0, 0.05) is 28.8 Å². The quantitative estimate of drug-likeness (QED) is 0.701. The second kappa shape index (κ2) is 3.16. The smallest absolute Gasteiger partial charge is 0.152 e. The van der Waals surface area contributed by atoms with Crippen LogP contribution < -0.4 is 0 Å². The van der Waals surface area contributed by atoms with Crippen molar-refractivity contribution in [2.24, 2.45) is 0 Å². The van der Waals surface area contributed by atoms with E-state index in [-0.39, 0.29) is 10.8 Å². The van der Waals surface area contributed by atoms with Crippen LogP contribution in [0.5, 0.6) is 0 Å². The van der Waals surface area contributed by atoms with Crippen LogP contribution in [0.4, 0.5) is 0 Å². The molecule has 0 fully saturated rings. The number of nitrogens with one attached hydrogen (secondary N) is 1. The molecule has 0 aliphatic rings. The minimum Gasteiger partial charge on any atom is -0.459 e. The number of H-pyrrole nitrogens is 1. The molecule has 2 nitrogen and oxygen atoms in total. The zero-order valence-electron chi connectivity index (χ0n) is 11.1. The maximum atomic E-state index is 6.00. The topological polar surface area (TPSA) is 28.9 Å². The molecule has 0 unspecified atom stereocenters. The Morgan fingerprint density at radius 1 is 0.938 bits per heavy atom. The lowest BCUT2D eigenvalue weighted by Gasteiger charge is -2.25. The van der Waals surface area contributed by atoms with Crippen molar-refractivity contribution in [3.63, 3.8) is 0 Å². The fourth-order valence-corrected chi connectivity index (χ4v) is 2.19. The molecule has 2 aromatic heterocycles. The first kappa shape index (κ1) is 11.3. The Morgan fingerprint density at radius 3 is 2.06 bits per heavy atom. The van der Waals surface area contributed by atoms with Gasteiger partial charge in [-0.3, -0.25) is 0 Å². The zero-order chi connectivity index (χ0) is 12.1. The molecule has 2 rings (SSSR count). The van der Waals surface area contributed by atoms with Gasteiger partial charge in [-0.1, -0.05) is 41.5 Å². The summed E-state index contributed by atoms with van der Waals surface area (Å²) in [5, 5.41) is 1.22. The van der Waals surface area contributed by atoms with E-state index in [2.05, 4.69) is 46.5 Å². The zero-order valence-corrected chi connectivity index (χ0v) is 11.1. The third-order valence-corrected chi connectivity index (χ3v) is 2.85. The van der Waals surface area contributed by atoms with E-state index in [9.17, 15) is 0 Å². The van der Waals surface area contributed by atoms with Crippen LogP contribution in [0, 0.1) is 0 Å². The Morgan fingerprint density at radius 2 is 1.56 bits per heavy atom. The van der Waals surface area contributed by atoms with Gasteiger partial charge in [0.25, 0.3) is 0 Å². The van der Waals surface area contributed by atoms with Crippen LogP contribution >= 0.6 is 0 Å². The highest BCUT2D eigenvalue weighted by atomic mass is 16.3. The van der Waals surface area contributed by atoms with Crippen molar-refractivity contribution in [3.8, 4) is 0 Å². The van der Waals surface area contributed by atoms with Crippen LogP contribution in [0.1, 0.15) is 52.9 Å². The molecule has 0 spiro atoms. The summed E-state index contributed by atoms with van der Waals surface area (Å²) in [6.07, 6.45) is 3.97. The van der Waals surface area contributed by atoms with E-state index in [1.165, 1.54) is 10.9 Å². The van der Waals surface area contributed by atoms with Crippen LogP contribution in [0.3, 0.4) is 0 Å². The molecule has 0 radical (unpaired) electrons. The van der Waals surface area contributed by atoms with Gasteiger partial charge in [0.05, 0.1) is 0 Å². The summed E-state index contributed by atoms with van der Waals surface area (Å²) in [5.41, 5.74) is 2.45. The average molecular weight is 219 g/mol. The van der Waals surface area contributed by atoms with E-state index in [1.54, 1.807) is 0 Å². The lowest BCUT2D eigenvalue weighted by molar-refractivity contribution is 0.409. The highest BCUT2D eigenvalue weighted by Crippen LogP contribution is 2.40. The molecule has 0 saturated carbocycles. The van der Waals surface area contributed by atoms with Gasteiger partial charge in [-0.15, -0.1) is 0 Å². The van der Waals surface area contributed by atoms with Crippen molar-refractivity contribution in [1.29, 1.82) is 0 Å². The van der Waals surface area contributed by atoms with Gasteiger partial charge < -0.3 is 9.40 Å². The van der Waals surface area contributed by atoms with Crippen molar-refractivity contribution in [2.45, 2.75) is 52.4 Å². The van der Waals surface area contributed by atoms with Gasteiger partial charge in [-0.2, -0.15) is 0 Å². The van der Waals surface area contributed by atoms with E-state index < -0.39 is 0 Å². The molecule has 16 heavy (non-hydrogen) atoms. The predicted molar refractivity (Wildman–Crippen MR) is 68.0 cm³/mol. The Hall–Kier alpha value is -1.18. The molecule has 1 N–H and O–H groups in total. The first-order valence-electron chi connectivity index (χ1n) is 5.81. The maximum absolute atomic E-state index is 6.00. The van der Waals surface area contributed by atoms with E-state index in [0.717, 1.165) is 11.3 Å². The highest BCUT2D eigenvalue weighted by molar-refractivity contribution is 5.83. The Bertz CT molecular complexity index is 503. The summed E-state index contributed by atoms with van der Waals surface area (Å²) in [6, 6.07) is 0. The van der Waals surface area contributed by atoms with Crippen molar-refractivity contribution in [2.75, 3.05) is 0 Å². The van der Waals surface area contributed by atoms with E-state index in [4.69, 9.17) is 4.42 Å². The summed E-state index contributed by atoms with van der Waals surface area (Å²) in [4.78, 5) is 3.12. The number of hydrogen-bond acceptors (Lipinski definition) is 1. The molecule has 2 aromatic rings. The summed E-state index contributed by atoms with van der Waals surface area (Å²) >= 11 is 0. The Kier molecular flexibility index (Phi) is 2.23. The van der Waals surface area contributed by atoms with Crippen molar-refractivity contribution in [1.82, 2.24) is 4.98 Å². The highest BCUT2D eigenvalue weighted by Gasteiger charge is 2.31. The van der Waals surface area contributed by atoms with E-state index in [1.807, 2.05) is 12.4 Å². The molecular weight excluding hydrogens is 198 g/mol. The molecule has 0 aliphatic heterocycles. The molecule has 2 heteroatoms. The molecule has 0 saturated heterocycles. The van der Waals surface area contributed by atoms with Gasteiger partial charge in [0.15, 0.2) is 5.58 Å². The Balaban J connectivity index is 2.79. The largest absolute Gasteiger partial charge is 0.459 e.